The van der Waals surface area contributed by atoms with E-state index in [4.69, 9.17) is 20.6 Å². The molecule has 0 bridgehead atoms. The first kappa shape index (κ1) is 38.5. The minimum atomic E-state index is -1.39. The van der Waals surface area contributed by atoms with E-state index in [0.717, 1.165) is 0 Å². The molecule has 288 valence electrons. The smallest absolute Gasteiger partial charge is 0.276 e. The lowest BCUT2D eigenvalue weighted by Crippen LogP contribution is -2.20. The van der Waals surface area contributed by atoms with E-state index < -0.39 is 23.9 Å². The number of primary amides is 2. The zero-order valence-corrected chi connectivity index (χ0v) is 31.5. The molecule has 0 aliphatic rings. The van der Waals surface area contributed by atoms with Crippen LogP contribution in [-0.2, 0) is 26.1 Å². The number of benzene rings is 1. The summed E-state index contributed by atoms with van der Waals surface area (Å²) in [4.78, 5) is 56.0. The van der Waals surface area contributed by atoms with Crippen LogP contribution in [-0.4, -0.2) is 75.0 Å². The van der Waals surface area contributed by atoms with Gasteiger partial charge in [-0.05, 0) is 44.5 Å². The number of ether oxygens (including phenoxy) is 1. The Morgan fingerprint density at radius 1 is 1.05 bits per heavy atom. The number of fused-ring (bicyclic) bond motifs is 2. The number of rotatable bonds is 16. The summed E-state index contributed by atoms with van der Waals surface area (Å²) in [6, 6.07) is 6.35. The van der Waals surface area contributed by atoms with Crippen molar-refractivity contribution in [3.63, 3.8) is 0 Å². The maximum atomic E-state index is 13.4. The molecule has 1 aromatic carbocycles. The Labute approximate surface area is 317 Å². The van der Waals surface area contributed by atoms with Crippen molar-refractivity contribution in [2.45, 2.75) is 66.4 Å². The number of aromatic nitrogens is 7. The van der Waals surface area contributed by atoms with E-state index in [9.17, 15) is 24.6 Å². The molecular weight excluding hydrogens is 731 g/mol. The van der Waals surface area contributed by atoms with Gasteiger partial charge in [-0.2, -0.15) is 5.10 Å². The SMILES string of the molecule is CCc1nc(C)oc1C(O)/N=c1\sc2cc(C(N)=O)cc(OCCCO)c2n1C/C=C/Cn1c(NC(=O)c2cc(C)nn2CC)nc2cc(C(N)=O)cnc21. The third-order valence-corrected chi connectivity index (χ3v) is 9.53. The average molecular weight is 772 g/mol. The largest absolute Gasteiger partial charge is 0.491 e. The Morgan fingerprint density at radius 2 is 1.80 bits per heavy atom. The van der Waals surface area contributed by atoms with Gasteiger partial charge in [0.15, 0.2) is 22.1 Å². The van der Waals surface area contributed by atoms with E-state index in [1.54, 1.807) is 35.2 Å². The highest BCUT2D eigenvalue weighted by molar-refractivity contribution is 7.16. The second-order valence-electron chi connectivity index (χ2n) is 12.4. The fraction of sp³-hybridized carbons (Fsp3) is 0.333. The molecule has 5 heterocycles. The predicted molar refractivity (Wildman–Crippen MR) is 202 cm³/mol. The lowest BCUT2D eigenvalue weighted by Gasteiger charge is -2.11. The van der Waals surface area contributed by atoms with Crippen LogP contribution in [0, 0.1) is 13.8 Å². The number of nitrogens with zero attached hydrogens (tertiary/aromatic N) is 8. The highest BCUT2D eigenvalue weighted by atomic mass is 32.1. The summed E-state index contributed by atoms with van der Waals surface area (Å²) in [6.07, 6.45) is 4.50. The minimum Gasteiger partial charge on any atom is -0.491 e. The van der Waals surface area contributed by atoms with Crippen LogP contribution >= 0.6 is 11.3 Å². The van der Waals surface area contributed by atoms with Crippen molar-refractivity contribution in [1.82, 2.24) is 33.9 Å². The van der Waals surface area contributed by atoms with Gasteiger partial charge in [0.2, 0.25) is 24.0 Å². The summed E-state index contributed by atoms with van der Waals surface area (Å²) >= 11 is 1.21. The summed E-state index contributed by atoms with van der Waals surface area (Å²) in [5, 5.41) is 27.9. The quantitative estimate of drug-likeness (QED) is 0.0706. The zero-order valence-electron chi connectivity index (χ0n) is 30.6. The van der Waals surface area contributed by atoms with Crippen LogP contribution in [0.2, 0.25) is 0 Å². The van der Waals surface area contributed by atoms with Gasteiger partial charge in [0, 0.05) is 51.3 Å². The molecule has 7 N–H and O–H groups in total. The average Bonchev–Trinajstić information content (AvgIpc) is 3.92. The number of hydrogen-bond donors (Lipinski definition) is 5. The van der Waals surface area contributed by atoms with Gasteiger partial charge in [0.25, 0.3) is 5.91 Å². The summed E-state index contributed by atoms with van der Waals surface area (Å²) in [7, 11) is 0. The van der Waals surface area contributed by atoms with Crippen LogP contribution in [0.3, 0.4) is 0 Å². The first-order chi connectivity index (χ1) is 26.4. The summed E-state index contributed by atoms with van der Waals surface area (Å²) in [6.45, 7) is 8.20. The summed E-state index contributed by atoms with van der Waals surface area (Å²) in [5.41, 5.74) is 14.5. The number of carbonyl (C=O) groups is 3. The van der Waals surface area contributed by atoms with E-state index in [-0.39, 0.29) is 49.1 Å². The summed E-state index contributed by atoms with van der Waals surface area (Å²) < 4.78 is 17.4. The molecule has 1 atom stereocenters. The highest BCUT2D eigenvalue weighted by Gasteiger charge is 2.22. The Morgan fingerprint density at radius 3 is 2.49 bits per heavy atom. The molecule has 1 unspecified atom stereocenters. The lowest BCUT2D eigenvalue weighted by atomic mass is 10.2. The van der Waals surface area contributed by atoms with Crippen LogP contribution in [0.1, 0.15) is 80.7 Å². The van der Waals surface area contributed by atoms with Gasteiger partial charge in [-0.25, -0.2) is 19.9 Å². The van der Waals surface area contributed by atoms with Gasteiger partial charge < -0.3 is 35.4 Å². The predicted octanol–water partition coefficient (Wildman–Crippen LogP) is 2.89. The molecule has 0 saturated carbocycles. The maximum absolute atomic E-state index is 13.4. The van der Waals surface area contributed by atoms with Crippen LogP contribution in [0.4, 0.5) is 5.95 Å². The van der Waals surface area contributed by atoms with E-state index in [2.05, 4.69) is 30.4 Å². The Balaban J connectivity index is 1.40. The minimum absolute atomic E-state index is 0.0971. The highest BCUT2D eigenvalue weighted by Crippen LogP contribution is 2.31. The molecule has 55 heavy (non-hydrogen) atoms. The fourth-order valence-corrected chi connectivity index (χ4v) is 7.07. The van der Waals surface area contributed by atoms with Gasteiger partial charge in [0.05, 0.1) is 28.3 Å². The number of amides is 3. The standard InChI is InChI=1S/C36H41N11O7S/c1-5-23-29(54-20(4)40-23)34(52)43-36-45(28-26(53-13-9-12-48)16-21(30(37)49)17-27(28)55-36)10-7-8-11-46-32-24(15-22(18-39-32)31(38)50)41-35(46)42-33(51)25-14-19(3)44-47(25)6-2/h7-8,14-18,34,48,52H,5-6,9-13H2,1-4H3,(H2,37,49)(H2,38,50)(H,41,42,51)/b8-7+,43-36-. The molecule has 0 aliphatic carbocycles. The zero-order chi connectivity index (χ0) is 39.4. The first-order valence-corrected chi connectivity index (χ1v) is 18.3. The number of thiazole rings is 1. The van der Waals surface area contributed by atoms with Gasteiger partial charge in [0.1, 0.15) is 22.5 Å². The third-order valence-electron chi connectivity index (χ3n) is 8.49. The molecule has 6 aromatic rings. The van der Waals surface area contributed by atoms with E-state index in [1.165, 1.54) is 29.7 Å². The lowest BCUT2D eigenvalue weighted by molar-refractivity contribution is 0.0991. The van der Waals surface area contributed by atoms with E-state index in [0.29, 0.717) is 74.3 Å². The number of oxazole rings is 1. The molecule has 3 amide bonds. The monoisotopic (exact) mass is 771 g/mol. The Bertz CT molecular complexity index is 2510. The molecule has 0 aliphatic heterocycles. The van der Waals surface area contributed by atoms with E-state index in [1.807, 2.05) is 30.6 Å². The second-order valence-corrected chi connectivity index (χ2v) is 13.4. The van der Waals surface area contributed by atoms with Crippen LogP contribution in [0.25, 0.3) is 21.4 Å². The number of pyridine rings is 1. The number of aliphatic hydroxyl groups is 2. The number of hydrogen-bond acceptors (Lipinski definition) is 13. The number of nitrogens with one attached hydrogen (secondary N) is 1. The van der Waals surface area contributed by atoms with Crippen molar-refractivity contribution < 1.29 is 33.8 Å². The molecule has 6 rings (SSSR count). The maximum Gasteiger partial charge on any atom is 0.276 e. The van der Waals surface area contributed by atoms with Crippen LogP contribution in [0.5, 0.6) is 5.75 Å². The van der Waals surface area contributed by atoms with Crippen molar-refractivity contribution in [2.75, 3.05) is 18.5 Å². The Hall–Kier alpha value is -6.18. The number of imidazole rings is 1. The van der Waals surface area contributed by atoms with Gasteiger partial charge in [-0.3, -0.25) is 28.9 Å². The molecule has 0 radical (unpaired) electrons. The van der Waals surface area contributed by atoms with Crippen LogP contribution in [0.15, 0.2) is 52.0 Å². The number of anilines is 1. The topological polar surface area (TPSA) is 257 Å². The number of aliphatic hydroxyl groups excluding tert-OH is 2. The van der Waals surface area contributed by atoms with Crippen molar-refractivity contribution in [3.05, 3.63) is 87.3 Å². The Kier molecular flexibility index (Phi) is 11.5. The number of aryl methyl sites for hydroxylation is 4. The van der Waals surface area contributed by atoms with Crippen LogP contribution < -0.4 is 26.3 Å². The number of nitrogens with two attached hydrogens (primary N) is 2. The molecule has 0 fully saturated rings. The normalized spacial score (nSPS) is 12.7. The third kappa shape index (κ3) is 8.17. The second kappa shape index (κ2) is 16.5. The molecule has 18 nitrogen and oxygen atoms in total. The molecular formula is C36H41N11O7S. The summed E-state index contributed by atoms with van der Waals surface area (Å²) in [5.74, 6) is -0.614. The molecule has 0 spiro atoms. The van der Waals surface area contributed by atoms with Gasteiger partial charge in [-0.15, -0.1) is 0 Å². The number of carbonyl (C=O) groups excluding carboxylic acids is 3. The molecule has 5 aromatic heterocycles. The fourth-order valence-electron chi connectivity index (χ4n) is 5.95. The van der Waals surface area contributed by atoms with Gasteiger partial charge in [-0.1, -0.05) is 30.4 Å². The van der Waals surface area contributed by atoms with Gasteiger partial charge >= 0.3 is 0 Å². The van der Waals surface area contributed by atoms with Crippen molar-refractivity contribution >= 4 is 56.4 Å². The van der Waals surface area contributed by atoms with Crippen molar-refractivity contribution in [2.24, 2.45) is 16.5 Å². The molecule has 0 saturated heterocycles. The van der Waals surface area contributed by atoms with Crippen molar-refractivity contribution in [1.29, 1.82) is 0 Å². The van der Waals surface area contributed by atoms with E-state index >= 15 is 0 Å². The van der Waals surface area contributed by atoms with Crippen molar-refractivity contribution in [3.8, 4) is 5.75 Å². The first-order valence-electron chi connectivity index (χ1n) is 17.5. The molecule has 19 heteroatoms. The number of allylic oxidation sites excluding steroid dienone is 2.